The number of piperidine rings is 2. The highest BCUT2D eigenvalue weighted by molar-refractivity contribution is 6.03. The number of fused-ring (bicyclic) bond motifs is 1. The van der Waals surface area contributed by atoms with E-state index in [1.54, 1.807) is 10.9 Å². The standard InChI is InChI=1S/C29H32N6O2/c36-29(37)28-26-16-21(22-15-25(19-30-18-22)34-13-5-2-6-14-34)7-8-27(26)35(32-28)24-9-10-31-23(17-24)20-33-11-3-1-4-12-33/h7-10,15-19H,1-6,11-14,20H2,(H,36,37). The Kier molecular flexibility index (Phi) is 6.57. The number of aromatic carboxylic acids is 1. The van der Waals surface area contributed by atoms with Crippen molar-refractivity contribution in [1.82, 2.24) is 24.6 Å². The van der Waals surface area contributed by atoms with Crippen LogP contribution in [-0.2, 0) is 6.54 Å². The molecule has 0 atom stereocenters. The van der Waals surface area contributed by atoms with Crippen molar-refractivity contribution >= 4 is 22.6 Å². The average molecular weight is 497 g/mol. The maximum absolute atomic E-state index is 12.2. The normalized spacial score (nSPS) is 16.8. The van der Waals surface area contributed by atoms with Gasteiger partial charge in [0, 0.05) is 43.0 Å². The molecule has 0 spiro atoms. The molecule has 6 rings (SSSR count). The Hall–Kier alpha value is -3.78. The van der Waals surface area contributed by atoms with E-state index < -0.39 is 5.97 Å². The molecule has 0 unspecified atom stereocenters. The summed E-state index contributed by atoms with van der Waals surface area (Å²) in [6.45, 7) is 5.08. The van der Waals surface area contributed by atoms with E-state index in [1.165, 1.54) is 38.5 Å². The van der Waals surface area contributed by atoms with Gasteiger partial charge in [-0.1, -0.05) is 12.5 Å². The Morgan fingerprint density at radius 3 is 2.41 bits per heavy atom. The van der Waals surface area contributed by atoms with E-state index in [9.17, 15) is 9.90 Å². The molecule has 0 amide bonds. The van der Waals surface area contributed by atoms with Gasteiger partial charge in [-0.25, -0.2) is 9.48 Å². The van der Waals surface area contributed by atoms with E-state index in [0.717, 1.165) is 66.4 Å². The van der Waals surface area contributed by atoms with Crippen molar-refractivity contribution in [2.75, 3.05) is 31.1 Å². The molecule has 4 aromatic rings. The number of rotatable bonds is 6. The fourth-order valence-corrected chi connectivity index (χ4v) is 5.59. The van der Waals surface area contributed by atoms with Gasteiger partial charge in [0.05, 0.1) is 28.8 Å². The third-order valence-electron chi connectivity index (χ3n) is 7.54. The summed E-state index contributed by atoms with van der Waals surface area (Å²) < 4.78 is 1.73. The lowest BCUT2D eigenvalue weighted by Gasteiger charge is -2.28. The topological polar surface area (TPSA) is 87.4 Å². The predicted molar refractivity (Wildman–Crippen MR) is 144 cm³/mol. The highest BCUT2D eigenvalue weighted by atomic mass is 16.4. The second-order valence-electron chi connectivity index (χ2n) is 10.1. The van der Waals surface area contributed by atoms with Gasteiger partial charge in [-0.3, -0.25) is 14.9 Å². The zero-order valence-corrected chi connectivity index (χ0v) is 21.0. The number of hydrogen-bond donors (Lipinski definition) is 1. The summed E-state index contributed by atoms with van der Waals surface area (Å²) in [6.07, 6.45) is 13.0. The quantitative estimate of drug-likeness (QED) is 0.395. The van der Waals surface area contributed by atoms with Gasteiger partial charge in [0.2, 0.25) is 0 Å². The molecule has 2 saturated heterocycles. The first-order valence-corrected chi connectivity index (χ1v) is 13.3. The van der Waals surface area contributed by atoms with Crippen molar-refractivity contribution in [2.45, 2.75) is 45.1 Å². The number of hydrogen-bond acceptors (Lipinski definition) is 6. The second-order valence-corrected chi connectivity index (χ2v) is 10.1. The molecule has 0 radical (unpaired) electrons. The Morgan fingerprint density at radius 2 is 1.62 bits per heavy atom. The molecule has 8 nitrogen and oxygen atoms in total. The number of nitrogens with zero attached hydrogens (tertiary/aromatic N) is 6. The van der Waals surface area contributed by atoms with Crippen molar-refractivity contribution in [3.63, 3.8) is 0 Å². The Labute approximate surface area is 216 Å². The lowest BCUT2D eigenvalue weighted by atomic mass is 10.0. The summed E-state index contributed by atoms with van der Waals surface area (Å²) in [4.78, 5) is 26.1. The molecular weight excluding hydrogens is 464 g/mol. The van der Waals surface area contributed by atoms with Gasteiger partial charge in [0.25, 0.3) is 0 Å². The zero-order valence-electron chi connectivity index (χ0n) is 21.0. The minimum atomic E-state index is -1.04. The number of likely N-dealkylation sites (tertiary alicyclic amines) is 1. The molecule has 37 heavy (non-hydrogen) atoms. The molecule has 8 heteroatoms. The van der Waals surface area contributed by atoms with Crippen LogP contribution in [0.5, 0.6) is 0 Å². The van der Waals surface area contributed by atoms with Crippen molar-refractivity contribution in [3.8, 4) is 16.8 Å². The Balaban J connectivity index is 1.35. The van der Waals surface area contributed by atoms with Crippen LogP contribution >= 0.6 is 0 Å². The largest absolute Gasteiger partial charge is 0.476 e. The first kappa shape index (κ1) is 23.6. The number of carbonyl (C=O) groups is 1. The third kappa shape index (κ3) is 4.93. The lowest BCUT2D eigenvalue weighted by Crippen LogP contribution is -2.29. The number of pyridine rings is 2. The molecule has 0 saturated carbocycles. The van der Waals surface area contributed by atoms with E-state index in [4.69, 9.17) is 0 Å². The van der Waals surface area contributed by atoms with Gasteiger partial charge >= 0.3 is 5.97 Å². The average Bonchev–Trinajstić information content (AvgIpc) is 3.34. The first-order valence-electron chi connectivity index (χ1n) is 13.3. The Bertz CT molecular complexity index is 1420. The predicted octanol–water partition coefficient (Wildman–Crippen LogP) is 5.16. The summed E-state index contributed by atoms with van der Waals surface area (Å²) >= 11 is 0. The van der Waals surface area contributed by atoms with Crippen LogP contribution in [0.4, 0.5) is 5.69 Å². The van der Waals surface area contributed by atoms with Gasteiger partial charge in [0.15, 0.2) is 5.69 Å². The Morgan fingerprint density at radius 1 is 0.838 bits per heavy atom. The smallest absolute Gasteiger partial charge is 0.357 e. The van der Waals surface area contributed by atoms with E-state index in [1.807, 2.05) is 42.7 Å². The number of benzene rings is 1. The lowest BCUT2D eigenvalue weighted by molar-refractivity contribution is 0.0692. The molecule has 2 fully saturated rings. The van der Waals surface area contributed by atoms with E-state index in [-0.39, 0.29) is 5.69 Å². The molecule has 3 aromatic heterocycles. The van der Waals surface area contributed by atoms with Crippen LogP contribution in [0.1, 0.15) is 54.7 Å². The molecule has 1 N–H and O–H groups in total. The monoisotopic (exact) mass is 496 g/mol. The SMILES string of the molecule is O=C(O)c1nn(-c2ccnc(CN3CCCCC3)c2)c2ccc(-c3cncc(N4CCCCC4)c3)cc12. The second kappa shape index (κ2) is 10.3. The highest BCUT2D eigenvalue weighted by Crippen LogP contribution is 2.31. The summed E-state index contributed by atoms with van der Waals surface area (Å²) in [6, 6.07) is 12.0. The van der Waals surface area contributed by atoms with E-state index in [0.29, 0.717) is 5.39 Å². The van der Waals surface area contributed by atoms with Crippen LogP contribution in [0.2, 0.25) is 0 Å². The molecule has 2 aliphatic heterocycles. The highest BCUT2D eigenvalue weighted by Gasteiger charge is 2.20. The fourth-order valence-electron chi connectivity index (χ4n) is 5.59. The van der Waals surface area contributed by atoms with Crippen LogP contribution < -0.4 is 4.90 Å². The zero-order chi connectivity index (χ0) is 25.2. The van der Waals surface area contributed by atoms with E-state index in [2.05, 4.69) is 30.9 Å². The van der Waals surface area contributed by atoms with Crippen molar-refractivity contribution in [2.24, 2.45) is 0 Å². The first-order chi connectivity index (χ1) is 18.2. The van der Waals surface area contributed by atoms with Gasteiger partial charge in [0.1, 0.15) is 0 Å². The molecule has 190 valence electrons. The van der Waals surface area contributed by atoms with Crippen LogP contribution in [0.15, 0.2) is 55.0 Å². The minimum absolute atomic E-state index is 0.0476. The summed E-state index contributed by atoms with van der Waals surface area (Å²) in [7, 11) is 0. The van der Waals surface area contributed by atoms with Crippen molar-refractivity contribution < 1.29 is 9.90 Å². The molecule has 2 aliphatic rings. The van der Waals surface area contributed by atoms with E-state index >= 15 is 0 Å². The number of carboxylic acid groups (broad SMARTS) is 1. The fraction of sp³-hybridized carbons (Fsp3) is 0.379. The van der Waals surface area contributed by atoms with Crippen molar-refractivity contribution in [1.29, 1.82) is 0 Å². The molecule has 1 aromatic carbocycles. The molecule has 0 bridgehead atoms. The summed E-state index contributed by atoms with van der Waals surface area (Å²) in [5, 5.41) is 15.1. The molecule has 5 heterocycles. The van der Waals surface area contributed by atoms with Gasteiger partial charge in [-0.2, -0.15) is 5.10 Å². The third-order valence-corrected chi connectivity index (χ3v) is 7.54. The van der Waals surface area contributed by atoms with Gasteiger partial charge in [-0.15, -0.1) is 0 Å². The minimum Gasteiger partial charge on any atom is -0.476 e. The maximum Gasteiger partial charge on any atom is 0.357 e. The maximum atomic E-state index is 12.2. The van der Waals surface area contributed by atoms with Crippen molar-refractivity contribution in [3.05, 3.63) is 66.4 Å². The van der Waals surface area contributed by atoms with Crippen LogP contribution in [0.25, 0.3) is 27.7 Å². The number of carboxylic acids is 1. The van der Waals surface area contributed by atoms with Crippen LogP contribution in [0.3, 0.4) is 0 Å². The van der Waals surface area contributed by atoms with Crippen LogP contribution in [0, 0.1) is 0 Å². The molecule has 0 aliphatic carbocycles. The van der Waals surface area contributed by atoms with Gasteiger partial charge in [-0.05, 0) is 81.1 Å². The van der Waals surface area contributed by atoms with Crippen LogP contribution in [-0.4, -0.2) is 61.9 Å². The summed E-state index contributed by atoms with van der Waals surface area (Å²) in [5.41, 5.74) is 5.62. The summed E-state index contributed by atoms with van der Waals surface area (Å²) in [5.74, 6) is -1.04. The van der Waals surface area contributed by atoms with Gasteiger partial charge < -0.3 is 10.0 Å². The number of anilines is 1. The number of aromatic nitrogens is 4. The molecular formula is C29H32N6O2.